The number of ether oxygens (including phenoxy) is 1. The third-order valence-corrected chi connectivity index (χ3v) is 7.41. The standard InChI is InChI=1S/C22H28N2O4S.2C4H10.C3H8.C2H6/c1-28-20-11-7-6-10-19(20)21(25)23-16-22(17-8-4-3-5-9-17)14-12-18(13-15-22)24-29(2,26)27;2*1-3-4-2;1-3-2;1-2/h3-11,18,24H,12-16H2,1-2H3,(H,23,25);2*3-4H2,1-2H3;3H2,1-2H3;1-2H3. The zero-order chi connectivity index (χ0) is 32.4. The average Bonchev–Trinajstić information content (AvgIpc) is 3.02. The highest BCUT2D eigenvalue weighted by molar-refractivity contribution is 7.88. The molecular weight excluding hydrogens is 544 g/mol. The summed E-state index contributed by atoms with van der Waals surface area (Å²) in [6.45, 7) is 17.5. The predicted molar refractivity (Wildman–Crippen MR) is 182 cm³/mol. The smallest absolute Gasteiger partial charge is 0.255 e. The van der Waals surface area contributed by atoms with Gasteiger partial charge in [-0.25, -0.2) is 13.1 Å². The van der Waals surface area contributed by atoms with Crippen LogP contribution in [0.15, 0.2) is 54.6 Å². The molecule has 0 heterocycles. The molecule has 42 heavy (non-hydrogen) atoms. The molecule has 0 spiro atoms. The Morgan fingerprint density at radius 3 is 1.71 bits per heavy atom. The van der Waals surface area contributed by atoms with Crippen LogP contribution in [-0.2, 0) is 15.4 Å². The molecular formula is C35H62N2O4S. The van der Waals surface area contributed by atoms with E-state index >= 15 is 0 Å². The van der Waals surface area contributed by atoms with E-state index in [-0.39, 0.29) is 17.4 Å². The van der Waals surface area contributed by atoms with Crippen molar-refractivity contribution in [2.24, 2.45) is 0 Å². The molecule has 7 heteroatoms. The number of rotatable bonds is 9. The van der Waals surface area contributed by atoms with Crippen LogP contribution in [0.5, 0.6) is 5.75 Å². The molecule has 1 saturated carbocycles. The highest BCUT2D eigenvalue weighted by Gasteiger charge is 2.38. The lowest BCUT2D eigenvalue weighted by molar-refractivity contribution is 0.0932. The number of sulfonamides is 1. The van der Waals surface area contributed by atoms with E-state index in [1.54, 1.807) is 19.2 Å². The van der Waals surface area contributed by atoms with Gasteiger partial charge in [0, 0.05) is 18.0 Å². The first-order valence-corrected chi connectivity index (χ1v) is 17.9. The van der Waals surface area contributed by atoms with Gasteiger partial charge in [-0.1, -0.05) is 130 Å². The Morgan fingerprint density at radius 2 is 1.29 bits per heavy atom. The van der Waals surface area contributed by atoms with Crippen molar-refractivity contribution in [2.45, 2.75) is 125 Å². The third-order valence-electron chi connectivity index (χ3n) is 6.65. The van der Waals surface area contributed by atoms with Gasteiger partial charge in [-0.3, -0.25) is 4.79 Å². The van der Waals surface area contributed by atoms with E-state index in [1.807, 2.05) is 44.2 Å². The molecule has 0 atom stereocenters. The van der Waals surface area contributed by atoms with Crippen LogP contribution in [0.1, 0.15) is 129 Å². The molecule has 0 aromatic heterocycles. The summed E-state index contributed by atoms with van der Waals surface area (Å²) in [6.07, 6.45) is 10.8. The van der Waals surface area contributed by atoms with Gasteiger partial charge in [0.2, 0.25) is 10.0 Å². The highest BCUT2D eigenvalue weighted by atomic mass is 32.2. The summed E-state index contributed by atoms with van der Waals surface area (Å²) in [7, 11) is -1.68. The highest BCUT2D eigenvalue weighted by Crippen LogP contribution is 2.39. The van der Waals surface area contributed by atoms with Crippen molar-refractivity contribution in [1.29, 1.82) is 0 Å². The summed E-state index contributed by atoms with van der Waals surface area (Å²) in [6, 6.07) is 17.2. The van der Waals surface area contributed by atoms with E-state index < -0.39 is 10.0 Å². The van der Waals surface area contributed by atoms with Gasteiger partial charge in [0.15, 0.2) is 0 Å². The molecule has 6 nitrogen and oxygen atoms in total. The summed E-state index contributed by atoms with van der Waals surface area (Å²) in [4.78, 5) is 12.8. The normalized spacial score (nSPS) is 17.2. The van der Waals surface area contributed by atoms with Crippen molar-refractivity contribution >= 4 is 15.9 Å². The minimum atomic E-state index is -3.23. The van der Waals surface area contributed by atoms with E-state index in [0.717, 1.165) is 31.2 Å². The number of unbranched alkanes of at least 4 members (excludes halogenated alkanes) is 2. The molecule has 1 fully saturated rings. The SMILES string of the molecule is CC.CCC.CCCC.CCCC.COc1ccccc1C(=O)NCC1(c2ccccc2)CCC(NS(C)(=O)=O)CC1. The summed E-state index contributed by atoms with van der Waals surface area (Å²) < 4.78 is 31.2. The molecule has 0 saturated heterocycles. The van der Waals surface area contributed by atoms with E-state index in [2.05, 4.69) is 63.7 Å². The maximum atomic E-state index is 12.8. The summed E-state index contributed by atoms with van der Waals surface area (Å²) in [5.41, 5.74) is 1.44. The maximum Gasteiger partial charge on any atom is 0.255 e. The van der Waals surface area contributed by atoms with Crippen molar-refractivity contribution < 1.29 is 17.9 Å². The summed E-state index contributed by atoms with van der Waals surface area (Å²) in [5, 5.41) is 3.09. The Balaban J connectivity index is 0. The summed E-state index contributed by atoms with van der Waals surface area (Å²) in [5.74, 6) is 0.369. The van der Waals surface area contributed by atoms with Crippen LogP contribution in [0.2, 0.25) is 0 Å². The molecule has 1 aliphatic rings. The van der Waals surface area contributed by atoms with E-state index in [1.165, 1.54) is 38.4 Å². The Labute approximate surface area is 259 Å². The van der Waals surface area contributed by atoms with Gasteiger partial charge in [-0.05, 0) is 43.4 Å². The number of para-hydroxylation sites is 1. The second-order valence-electron chi connectivity index (χ2n) is 10.4. The van der Waals surface area contributed by atoms with Crippen molar-refractivity contribution in [3.05, 3.63) is 65.7 Å². The lowest BCUT2D eigenvalue weighted by Crippen LogP contribution is -2.47. The first kappa shape index (κ1) is 41.8. The van der Waals surface area contributed by atoms with Gasteiger partial charge in [0.05, 0.1) is 18.9 Å². The minimum absolute atomic E-state index is 0.0632. The predicted octanol–water partition coefficient (Wildman–Crippen LogP) is 8.91. The number of hydrogen-bond donors (Lipinski definition) is 2. The fourth-order valence-corrected chi connectivity index (χ4v) is 4.97. The number of carbonyl (C=O) groups is 1. The fourth-order valence-electron chi connectivity index (χ4n) is 4.13. The molecule has 1 aliphatic carbocycles. The van der Waals surface area contributed by atoms with Crippen LogP contribution in [0, 0.1) is 0 Å². The molecule has 2 aromatic rings. The zero-order valence-corrected chi connectivity index (χ0v) is 29.2. The Kier molecular flexibility index (Phi) is 25.0. The van der Waals surface area contributed by atoms with E-state index in [9.17, 15) is 13.2 Å². The Morgan fingerprint density at radius 1 is 0.833 bits per heavy atom. The van der Waals surface area contributed by atoms with Gasteiger partial charge in [0.25, 0.3) is 5.91 Å². The minimum Gasteiger partial charge on any atom is -0.496 e. The van der Waals surface area contributed by atoms with Crippen molar-refractivity contribution in [3.8, 4) is 5.75 Å². The van der Waals surface area contributed by atoms with Crippen LogP contribution < -0.4 is 14.8 Å². The molecule has 0 radical (unpaired) electrons. The molecule has 2 N–H and O–H groups in total. The third kappa shape index (κ3) is 17.5. The van der Waals surface area contributed by atoms with Crippen molar-refractivity contribution in [3.63, 3.8) is 0 Å². The van der Waals surface area contributed by atoms with Gasteiger partial charge in [0.1, 0.15) is 5.75 Å². The lowest BCUT2D eigenvalue weighted by Gasteiger charge is -2.41. The largest absolute Gasteiger partial charge is 0.496 e. The number of amides is 1. The topological polar surface area (TPSA) is 84.5 Å². The van der Waals surface area contributed by atoms with Gasteiger partial charge in [-0.15, -0.1) is 0 Å². The van der Waals surface area contributed by atoms with Gasteiger partial charge in [-0.2, -0.15) is 0 Å². The second-order valence-corrected chi connectivity index (χ2v) is 12.2. The van der Waals surface area contributed by atoms with Crippen molar-refractivity contribution in [1.82, 2.24) is 10.0 Å². The molecule has 3 rings (SSSR count). The monoisotopic (exact) mass is 606 g/mol. The van der Waals surface area contributed by atoms with Gasteiger partial charge < -0.3 is 10.1 Å². The van der Waals surface area contributed by atoms with Crippen LogP contribution in [0.4, 0.5) is 0 Å². The number of benzene rings is 2. The molecule has 242 valence electrons. The maximum absolute atomic E-state index is 12.8. The summed E-state index contributed by atoms with van der Waals surface area (Å²) >= 11 is 0. The lowest BCUT2D eigenvalue weighted by atomic mass is 9.68. The first-order valence-electron chi connectivity index (χ1n) is 16.0. The first-order chi connectivity index (χ1) is 20.1. The van der Waals surface area contributed by atoms with Crippen LogP contribution in [0.25, 0.3) is 0 Å². The number of hydrogen-bond acceptors (Lipinski definition) is 4. The van der Waals surface area contributed by atoms with Crippen molar-refractivity contribution in [2.75, 3.05) is 19.9 Å². The van der Waals surface area contributed by atoms with Crippen LogP contribution in [-0.4, -0.2) is 40.3 Å². The molecule has 2 aromatic carbocycles. The van der Waals surface area contributed by atoms with Gasteiger partial charge >= 0.3 is 0 Å². The fraction of sp³-hybridized carbons (Fsp3) is 0.629. The quantitative estimate of drug-likeness (QED) is 0.298. The molecule has 1 amide bonds. The molecule has 0 bridgehead atoms. The van der Waals surface area contributed by atoms with E-state index in [4.69, 9.17) is 4.74 Å². The molecule has 0 unspecified atom stereocenters. The Hall–Kier alpha value is -2.38. The second kappa shape index (κ2) is 25.1. The number of carbonyl (C=O) groups excluding carboxylic acids is 1. The molecule has 0 aliphatic heterocycles. The van der Waals surface area contributed by atoms with Crippen LogP contribution in [0.3, 0.4) is 0 Å². The van der Waals surface area contributed by atoms with E-state index in [0.29, 0.717) is 17.9 Å². The number of methoxy groups -OCH3 is 1. The zero-order valence-electron chi connectivity index (χ0n) is 28.4. The Bertz CT molecular complexity index is 1010. The average molecular weight is 607 g/mol. The number of nitrogens with one attached hydrogen (secondary N) is 2. The van der Waals surface area contributed by atoms with Crippen LogP contribution >= 0.6 is 0 Å².